The van der Waals surface area contributed by atoms with Crippen LogP contribution in [-0.4, -0.2) is 49.4 Å². The topological polar surface area (TPSA) is 64.7 Å². The average molecular weight is 366 g/mol. The predicted octanol–water partition coefficient (Wildman–Crippen LogP) is 1.97. The summed E-state index contributed by atoms with van der Waals surface area (Å²) in [5.41, 5.74) is 7.68. The summed E-state index contributed by atoms with van der Waals surface area (Å²) < 4.78 is 0. The Labute approximate surface area is 160 Å². The third-order valence-corrected chi connectivity index (χ3v) is 4.85. The summed E-state index contributed by atoms with van der Waals surface area (Å²) in [4.78, 5) is 28.8. The molecule has 0 spiro atoms. The molecule has 1 heterocycles. The first-order valence-electron chi connectivity index (χ1n) is 9.30. The molecule has 6 nitrogen and oxygen atoms in total. The van der Waals surface area contributed by atoms with Gasteiger partial charge < -0.3 is 4.90 Å². The monoisotopic (exact) mass is 366 g/mol. The third kappa shape index (κ3) is 5.31. The van der Waals surface area contributed by atoms with Crippen LogP contribution >= 0.6 is 0 Å². The molecule has 0 radical (unpaired) electrons. The Hall–Kier alpha value is -2.86. The van der Waals surface area contributed by atoms with Crippen LogP contribution in [-0.2, 0) is 4.79 Å². The Bertz CT molecular complexity index is 771. The molecule has 1 aliphatic heterocycles. The maximum Gasteiger partial charge on any atom is 0.269 e. The van der Waals surface area contributed by atoms with Gasteiger partial charge in [0.05, 0.1) is 0 Å². The lowest BCUT2D eigenvalue weighted by atomic mass is 10.1. The van der Waals surface area contributed by atoms with Crippen LogP contribution in [0, 0.1) is 6.92 Å². The summed E-state index contributed by atoms with van der Waals surface area (Å²) in [5, 5.41) is 0. The van der Waals surface area contributed by atoms with Crippen molar-refractivity contribution in [3.05, 3.63) is 65.7 Å². The van der Waals surface area contributed by atoms with E-state index in [0.29, 0.717) is 18.5 Å². The summed E-state index contributed by atoms with van der Waals surface area (Å²) >= 11 is 0. The van der Waals surface area contributed by atoms with E-state index in [1.165, 1.54) is 5.69 Å². The molecule has 142 valence electrons. The maximum absolute atomic E-state index is 12.1. The molecule has 0 aromatic heterocycles. The lowest BCUT2D eigenvalue weighted by Gasteiger charge is -2.36. The smallest absolute Gasteiger partial charge is 0.269 e. The molecular weight excluding hydrogens is 340 g/mol. The van der Waals surface area contributed by atoms with E-state index in [9.17, 15) is 9.59 Å². The number of piperazine rings is 1. The van der Waals surface area contributed by atoms with Gasteiger partial charge in [-0.1, -0.05) is 36.4 Å². The number of amides is 2. The Morgan fingerprint density at radius 2 is 1.56 bits per heavy atom. The van der Waals surface area contributed by atoms with Crippen molar-refractivity contribution in [1.29, 1.82) is 0 Å². The molecule has 0 saturated carbocycles. The van der Waals surface area contributed by atoms with Crippen molar-refractivity contribution < 1.29 is 9.59 Å². The van der Waals surface area contributed by atoms with Crippen molar-refractivity contribution in [1.82, 2.24) is 15.8 Å². The van der Waals surface area contributed by atoms with Crippen molar-refractivity contribution in [2.75, 3.05) is 37.6 Å². The lowest BCUT2D eigenvalue weighted by Crippen LogP contribution is -2.48. The molecule has 2 aromatic rings. The van der Waals surface area contributed by atoms with Crippen LogP contribution in [0.2, 0.25) is 0 Å². The first kappa shape index (κ1) is 18.9. The van der Waals surface area contributed by atoms with Crippen LogP contribution in [0.1, 0.15) is 22.3 Å². The Morgan fingerprint density at radius 3 is 2.26 bits per heavy atom. The molecule has 27 heavy (non-hydrogen) atoms. The first-order chi connectivity index (χ1) is 13.1. The average Bonchev–Trinajstić information content (AvgIpc) is 2.72. The molecule has 6 heteroatoms. The third-order valence-electron chi connectivity index (χ3n) is 4.85. The van der Waals surface area contributed by atoms with E-state index in [1.807, 2.05) is 25.1 Å². The summed E-state index contributed by atoms with van der Waals surface area (Å²) in [5.74, 6) is -0.472. The van der Waals surface area contributed by atoms with E-state index in [4.69, 9.17) is 0 Å². The molecule has 0 bridgehead atoms. The lowest BCUT2D eigenvalue weighted by molar-refractivity contribution is -0.122. The zero-order valence-electron chi connectivity index (χ0n) is 15.6. The number of hydrazine groups is 1. The van der Waals surface area contributed by atoms with Gasteiger partial charge in [0.1, 0.15) is 0 Å². The van der Waals surface area contributed by atoms with Crippen LogP contribution in [0.25, 0.3) is 0 Å². The van der Waals surface area contributed by atoms with Crippen LogP contribution in [0.4, 0.5) is 5.69 Å². The van der Waals surface area contributed by atoms with Gasteiger partial charge in [-0.3, -0.25) is 25.3 Å². The minimum atomic E-state index is -0.294. The number of hydrogen-bond acceptors (Lipinski definition) is 4. The molecule has 0 aliphatic carbocycles. The summed E-state index contributed by atoms with van der Waals surface area (Å²) in [6.07, 6.45) is 0.361. The largest absolute Gasteiger partial charge is 0.369 e. The van der Waals surface area contributed by atoms with Gasteiger partial charge in [0.25, 0.3) is 5.91 Å². The number of rotatable bonds is 5. The second kappa shape index (κ2) is 9.19. The van der Waals surface area contributed by atoms with E-state index in [0.717, 1.165) is 31.7 Å². The first-order valence-corrected chi connectivity index (χ1v) is 9.30. The molecule has 1 saturated heterocycles. The second-order valence-electron chi connectivity index (χ2n) is 6.73. The van der Waals surface area contributed by atoms with Crippen LogP contribution < -0.4 is 15.8 Å². The van der Waals surface area contributed by atoms with Crippen LogP contribution in [0.5, 0.6) is 0 Å². The van der Waals surface area contributed by atoms with Gasteiger partial charge in [-0.2, -0.15) is 0 Å². The van der Waals surface area contributed by atoms with Crippen LogP contribution in [0.3, 0.4) is 0 Å². The van der Waals surface area contributed by atoms with Crippen molar-refractivity contribution in [2.45, 2.75) is 13.3 Å². The number of nitrogens with zero attached hydrogens (tertiary/aromatic N) is 2. The molecule has 2 amide bonds. The molecular formula is C21H26N4O2. The number of hydrogen-bond donors (Lipinski definition) is 2. The number of nitrogens with one attached hydrogen (secondary N) is 2. The Morgan fingerprint density at radius 1 is 0.889 bits per heavy atom. The van der Waals surface area contributed by atoms with E-state index >= 15 is 0 Å². The highest BCUT2D eigenvalue weighted by atomic mass is 16.2. The van der Waals surface area contributed by atoms with E-state index in [-0.39, 0.29) is 11.8 Å². The fourth-order valence-electron chi connectivity index (χ4n) is 3.21. The quantitative estimate of drug-likeness (QED) is 0.794. The fraction of sp³-hybridized carbons (Fsp3) is 0.333. The Kier molecular flexibility index (Phi) is 6.44. The highest BCUT2D eigenvalue weighted by Gasteiger charge is 2.18. The SMILES string of the molecule is Cc1ccccc1C(=O)NNC(=O)CCN1CCN(c2ccccc2)CC1. The molecule has 1 aliphatic rings. The van der Waals surface area contributed by atoms with E-state index in [1.54, 1.807) is 12.1 Å². The van der Waals surface area contributed by atoms with Gasteiger partial charge in [-0.25, -0.2) is 0 Å². The number of carbonyl (C=O) groups excluding carboxylic acids is 2. The number of aryl methyl sites for hydroxylation is 1. The summed E-state index contributed by atoms with van der Waals surface area (Å²) in [6, 6.07) is 17.7. The predicted molar refractivity (Wildman–Crippen MR) is 106 cm³/mol. The highest BCUT2D eigenvalue weighted by Crippen LogP contribution is 2.15. The van der Waals surface area contributed by atoms with Crippen molar-refractivity contribution in [3.63, 3.8) is 0 Å². The molecule has 2 aromatic carbocycles. The van der Waals surface area contributed by atoms with Gasteiger partial charge in [0, 0.05) is 50.4 Å². The standard InChI is InChI=1S/C21H26N4O2/c1-17-7-5-6-10-19(17)21(27)23-22-20(26)11-12-24-13-15-25(16-14-24)18-8-3-2-4-9-18/h2-10H,11-16H2,1H3,(H,22,26)(H,23,27). The number of para-hydroxylation sites is 1. The van der Waals surface area contributed by atoms with Gasteiger partial charge in [0.15, 0.2) is 0 Å². The molecule has 2 N–H and O–H groups in total. The molecule has 3 rings (SSSR count). The van der Waals surface area contributed by atoms with Crippen molar-refractivity contribution in [3.8, 4) is 0 Å². The fourth-order valence-corrected chi connectivity index (χ4v) is 3.21. The Balaban J connectivity index is 1.36. The van der Waals surface area contributed by atoms with E-state index in [2.05, 4.69) is 44.9 Å². The molecule has 0 atom stereocenters. The van der Waals surface area contributed by atoms with E-state index < -0.39 is 0 Å². The second-order valence-corrected chi connectivity index (χ2v) is 6.73. The molecule has 1 fully saturated rings. The normalized spacial score (nSPS) is 14.6. The highest BCUT2D eigenvalue weighted by molar-refractivity contribution is 5.96. The van der Waals surface area contributed by atoms with Crippen molar-refractivity contribution >= 4 is 17.5 Å². The molecule has 0 unspecified atom stereocenters. The van der Waals surface area contributed by atoms with Crippen molar-refractivity contribution in [2.24, 2.45) is 0 Å². The minimum Gasteiger partial charge on any atom is -0.369 e. The summed E-state index contributed by atoms with van der Waals surface area (Å²) in [7, 11) is 0. The zero-order valence-corrected chi connectivity index (χ0v) is 15.6. The zero-order chi connectivity index (χ0) is 19.1. The number of benzene rings is 2. The van der Waals surface area contributed by atoms with Gasteiger partial charge in [-0.15, -0.1) is 0 Å². The summed E-state index contributed by atoms with van der Waals surface area (Å²) in [6.45, 7) is 6.32. The van der Waals surface area contributed by atoms with Crippen LogP contribution in [0.15, 0.2) is 54.6 Å². The van der Waals surface area contributed by atoms with Gasteiger partial charge in [-0.05, 0) is 30.7 Å². The number of anilines is 1. The minimum absolute atomic E-state index is 0.178. The number of carbonyl (C=O) groups is 2. The van der Waals surface area contributed by atoms with Gasteiger partial charge >= 0.3 is 0 Å². The maximum atomic E-state index is 12.1. The van der Waals surface area contributed by atoms with Gasteiger partial charge in [0.2, 0.25) is 5.91 Å².